The minimum atomic E-state index is 0.429. The number of benzene rings is 1. The van der Waals surface area contributed by atoms with Crippen LogP contribution in [-0.4, -0.2) is 4.98 Å². The van der Waals surface area contributed by atoms with Crippen LogP contribution in [0.4, 0.5) is 0 Å². The number of nitriles is 1. The monoisotopic (exact) mass is 170 g/mol. The van der Waals surface area contributed by atoms with E-state index in [1.54, 1.807) is 18.2 Å². The highest BCUT2D eigenvalue weighted by Gasteiger charge is 2.01. The second kappa shape index (κ2) is 2.76. The zero-order valence-electron chi connectivity index (χ0n) is 6.82. The summed E-state index contributed by atoms with van der Waals surface area (Å²) in [6.45, 7) is 3.61. The second-order valence-corrected chi connectivity index (χ2v) is 2.63. The largest absolute Gasteiger partial charge is 0.443 e. The van der Waals surface area contributed by atoms with Gasteiger partial charge in [0.05, 0.1) is 11.6 Å². The lowest BCUT2D eigenvalue weighted by atomic mass is 10.1. The van der Waals surface area contributed by atoms with E-state index >= 15 is 0 Å². The lowest BCUT2D eigenvalue weighted by molar-refractivity contribution is 0.602. The fourth-order valence-corrected chi connectivity index (χ4v) is 1.11. The Morgan fingerprint density at radius 3 is 3.15 bits per heavy atom. The van der Waals surface area contributed by atoms with Crippen molar-refractivity contribution in [1.82, 2.24) is 4.98 Å². The van der Waals surface area contributed by atoms with Gasteiger partial charge in [-0.3, -0.25) is 0 Å². The number of nitrogens with zero attached hydrogens (tertiary/aromatic N) is 2. The van der Waals surface area contributed by atoms with Gasteiger partial charge in [-0.15, -0.1) is 0 Å². The standard InChI is InChI=1S/C10H6N2O/c1-7(5-11)8-2-3-9-10(4-8)13-6-12-9/h2-4,6H,1H2. The second-order valence-electron chi connectivity index (χ2n) is 2.63. The van der Waals surface area contributed by atoms with Crippen molar-refractivity contribution in [2.24, 2.45) is 0 Å². The Kier molecular flexibility index (Phi) is 1.60. The molecule has 2 rings (SSSR count). The van der Waals surface area contributed by atoms with Crippen LogP contribution >= 0.6 is 0 Å². The first-order chi connectivity index (χ1) is 6.31. The summed E-state index contributed by atoms with van der Waals surface area (Å²) in [4.78, 5) is 3.97. The molecule has 1 heterocycles. The van der Waals surface area contributed by atoms with E-state index in [1.165, 1.54) is 6.39 Å². The molecule has 3 heteroatoms. The van der Waals surface area contributed by atoms with Crippen LogP contribution in [0.15, 0.2) is 35.6 Å². The number of oxazole rings is 1. The minimum Gasteiger partial charge on any atom is -0.443 e. The van der Waals surface area contributed by atoms with Crippen molar-refractivity contribution in [2.45, 2.75) is 0 Å². The maximum absolute atomic E-state index is 8.62. The van der Waals surface area contributed by atoms with Crippen LogP contribution in [0.2, 0.25) is 0 Å². The molecule has 2 aromatic rings. The Hall–Kier alpha value is -2.08. The fourth-order valence-electron chi connectivity index (χ4n) is 1.11. The lowest BCUT2D eigenvalue weighted by Gasteiger charge is -1.94. The average molecular weight is 170 g/mol. The van der Waals surface area contributed by atoms with Crippen LogP contribution in [0.5, 0.6) is 0 Å². The zero-order valence-corrected chi connectivity index (χ0v) is 6.82. The molecule has 0 aliphatic carbocycles. The van der Waals surface area contributed by atoms with Crippen LogP contribution in [-0.2, 0) is 0 Å². The van der Waals surface area contributed by atoms with Gasteiger partial charge in [0.25, 0.3) is 0 Å². The van der Waals surface area contributed by atoms with Gasteiger partial charge in [0.2, 0.25) is 0 Å². The number of hydrogen-bond acceptors (Lipinski definition) is 3. The van der Waals surface area contributed by atoms with Crippen LogP contribution in [0.25, 0.3) is 16.7 Å². The summed E-state index contributed by atoms with van der Waals surface area (Å²) in [5, 5.41) is 8.62. The third-order valence-electron chi connectivity index (χ3n) is 1.81. The van der Waals surface area contributed by atoms with E-state index in [1.807, 2.05) is 6.07 Å². The van der Waals surface area contributed by atoms with Crippen molar-refractivity contribution in [3.8, 4) is 6.07 Å². The Labute approximate surface area is 74.9 Å². The molecule has 0 unspecified atom stereocenters. The van der Waals surface area contributed by atoms with E-state index < -0.39 is 0 Å². The molecule has 0 spiro atoms. The molecule has 0 atom stereocenters. The van der Waals surface area contributed by atoms with Gasteiger partial charge in [0.15, 0.2) is 12.0 Å². The predicted octanol–water partition coefficient (Wildman–Crippen LogP) is 2.36. The quantitative estimate of drug-likeness (QED) is 0.617. The third-order valence-corrected chi connectivity index (χ3v) is 1.81. The molecule has 0 saturated heterocycles. The summed E-state index contributed by atoms with van der Waals surface area (Å²) in [6, 6.07) is 7.34. The first kappa shape index (κ1) is 7.56. The van der Waals surface area contributed by atoms with Crippen LogP contribution in [0.1, 0.15) is 5.56 Å². The molecule has 0 amide bonds. The van der Waals surface area contributed by atoms with E-state index in [2.05, 4.69) is 11.6 Å². The van der Waals surface area contributed by atoms with Gasteiger partial charge in [-0.2, -0.15) is 5.26 Å². The van der Waals surface area contributed by atoms with Gasteiger partial charge < -0.3 is 4.42 Å². The van der Waals surface area contributed by atoms with Crippen molar-refractivity contribution in [3.05, 3.63) is 36.7 Å². The van der Waals surface area contributed by atoms with Crippen molar-refractivity contribution in [3.63, 3.8) is 0 Å². The van der Waals surface area contributed by atoms with Gasteiger partial charge in [-0.05, 0) is 17.7 Å². The van der Waals surface area contributed by atoms with Gasteiger partial charge in [0.1, 0.15) is 5.52 Å². The number of allylic oxidation sites excluding steroid dienone is 1. The van der Waals surface area contributed by atoms with Crippen LogP contribution in [0, 0.1) is 11.3 Å². The van der Waals surface area contributed by atoms with Crippen LogP contribution in [0.3, 0.4) is 0 Å². The Morgan fingerprint density at radius 1 is 1.54 bits per heavy atom. The summed E-state index contributed by atoms with van der Waals surface area (Å²) < 4.78 is 5.09. The first-order valence-corrected chi connectivity index (χ1v) is 3.74. The summed E-state index contributed by atoms with van der Waals surface area (Å²) in [5.41, 5.74) is 2.66. The van der Waals surface area contributed by atoms with Crippen LogP contribution < -0.4 is 0 Å². The molecule has 13 heavy (non-hydrogen) atoms. The summed E-state index contributed by atoms with van der Waals surface area (Å²) >= 11 is 0. The van der Waals surface area contributed by atoms with Gasteiger partial charge >= 0.3 is 0 Å². The van der Waals surface area contributed by atoms with Gasteiger partial charge in [-0.1, -0.05) is 12.6 Å². The van der Waals surface area contributed by atoms with E-state index in [-0.39, 0.29) is 0 Å². The molecule has 3 nitrogen and oxygen atoms in total. The topological polar surface area (TPSA) is 49.8 Å². The van der Waals surface area contributed by atoms with Gasteiger partial charge in [0, 0.05) is 0 Å². The van der Waals surface area contributed by atoms with Crippen molar-refractivity contribution in [2.75, 3.05) is 0 Å². The van der Waals surface area contributed by atoms with E-state index in [0.29, 0.717) is 11.2 Å². The number of rotatable bonds is 1. The third kappa shape index (κ3) is 1.18. The maximum Gasteiger partial charge on any atom is 0.181 e. The highest BCUT2D eigenvalue weighted by Crippen LogP contribution is 2.18. The smallest absolute Gasteiger partial charge is 0.181 e. The molecular weight excluding hydrogens is 164 g/mol. The minimum absolute atomic E-state index is 0.429. The molecule has 1 aromatic carbocycles. The van der Waals surface area contributed by atoms with Crippen molar-refractivity contribution >= 4 is 16.7 Å². The number of aromatic nitrogens is 1. The lowest BCUT2D eigenvalue weighted by Crippen LogP contribution is -1.78. The molecule has 0 fully saturated rings. The Bertz CT molecular complexity index is 505. The zero-order chi connectivity index (χ0) is 9.26. The SMILES string of the molecule is C=C(C#N)c1ccc2ncoc2c1. The first-order valence-electron chi connectivity index (χ1n) is 3.74. The molecule has 0 N–H and O–H groups in total. The molecule has 1 aromatic heterocycles. The molecule has 0 aliphatic heterocycles. The summed E-state index contributed by atoms with van der Waals surface area (Å²) in [5.74, 6) is 0. The van der Waals surface area contributed by atoms with E-state index in [0.717, 1.165) is 11.1 Å². The summed E-state index contributed by atoms with van der Waals surface area (Å²) in [6.07, 6.45) is 1.38. The highest BCUT2D eigenvalue weighted by atomic mass is 16.3. The average Bonchev–Trinajstić information content (AvgIpc) is 2.63. The normalized spacial score (nSPS) is 9.77. The molecule has 62 valence electrons. The highest BCUT2D eigenvalue weighted by molar-refractivity contribution is 5.82. The Morgan fingerprint density at radius 2 is 2.38 bits per heavy atom. The molecule has 0 radical (unpaired) electrons. The molecule has 0 saturated carbocycles. The Balaban J connectivity index is 2.62. The van der Waals surface area contributed by atoms with Crippen molar-refractivity contribution < 1.29 is 4.42 Å². The fraction of sp³-hybridized carbons (Fsp3) is 0. The molecule has 0 aliphatic rings. The molecule has 0 bridgehead atoms. The van der Waals surface area contributed by atoms with E-state index in [9.17, 15) is 0 Å². The predicted molar refractivity (Wildman–Crippen MR) is 48.7 cm³/mol. The summed E-state index contributed by atoms with van der Waals surface area (Å²) in [7, 11) is 0. The maximum atomic E-state index is 8.62. The number of hydrogen-bond donors (Lipinski definition) is 0. The number of fused-ring (bicyclic) bond motifs is 1. The van der Waals surface area contributed by atoms with E-state index in [4.69, 9.17) is 9.68 Å². The molecular formula is C10H6N2O. The van der Waals surface area contributed by atoms with Crippen molar-refractivity contribution in [1.29, 1.82) is 5.26 Å². The van der Waals surface area contributed by atoms with Gasteiger partial charge in [-0.25, -0.2) is 4.98 Å².